The summed E-state index contributed by atoms with van der Waals surface area (Å²) >= 11 is 0. The van der Waals surface area contributed by atoms with Crippen LogP contribution >= 0.6 is 0 Å². The number of rotatable bonds is 12. The highest BCUT2D eigenvalue weighted by atomic mass is 32.2. The molecule has 0 saturated carbocycles. The largest absolute Gasteiger partial charge is 0.494 e. The average Bonchev–Trinajstić information content (AvgIpc) is 3.14. The summed E-state index contributed by atoms with van der Waals surface area (Å²) in [7, 11) is 1.72. The van der Waals surface area contributed by atoms with Crippen LogP contribution in [0.2, 0.25) is 0 Å². The Hall–Kier alpha value is -4.53. The molecule has 2 N–H and O–H groups in total. The number of piperazine rings is 1. The monoisotopic (exact) mass is 714 g/mol. The van der Waals surface area contributed by atoms with Crippen molar-refractivity contribution < 1.29 is 13.2 Å². The van der Waals surface area contributed by atoms with E-state index in [9.17, 15) is 8.42 Å². The molecule has 0 aliphatic carbocycles. The minimum Gasteiger partial charge on any atom is -0.494 e. The summed E-state index contributed by atoms with van der Waals surface area (Å²) in [6.45, 7) is 16.0. The molecule has 51 heavy (non-hydrogen) atoms. The van der Waals surface area contributed by atoms with E-state index in [-0.39, 0.29) is 0 Å². The number of piperidine rings is 1. The summed E-state index contributed by atoms with van der Waals surface area (Å²) < 4.78 is 33.9. The van der Waals surface area contributed by atoms with Crippen LogP contribution < -0.4 is 24.6 Å². The number of hydrogen-bond acceptors (Lipinski definition) is 12. The lowest BCUT2D eigenvalue weighted by atomic mass is 9.99. The van der Waals surface area contributed by atoms with E-state index in [0.717, 1.165) is 64.2 Å². The van der Waals surface area contributed by atoms with Crippen molar-refractivity contribution in [1.29, 1.82) is 0 Å². The molecule has 2 fully saturated rings. The molecule has 0 bridgehead atoms. The van der Waals surface area contributed by atoms with Crippen molar-refractivity contribution in [2.24, 2.45) is 0 Å². The molecule has 2 aliphatic heterocycles. The van der Waals surface area contributed by atoms with Gasteiger partial charge >= 0.3 is 0 Å². The molecule has 272 valence electrons. The zero-order chi connectivity index (χ0) is 36.3. The second-order valence-corrected chi connectivity index (χ2v) is 16.0. The van der Waals surface area contributed by atoms with Gasteiger partial charge in [0.05, 0.1) is 29.3 Å². The molecule has 0 atom stereocenters. The maximum atomic E-state index is 13.4. The minimum absolute atomic E-state index is 0.342. The van der Waals surface area contributed by atoms with Crippen LogP contribution in [-0.2, 0) is 16.4 Å². The molecule has 2 saturated heterocycles. The maximum Gasteiger partial charge on any atom is 0.237 e. The lowest BCUT2D eigenvalue weighted by molar-refractivity contribution is 0.0982. The molecule has 0 unspecified atom stereocenters. The van der Waals surface area contributed by atoms with E-state index in [1.165, 1.54) is 22.6 Å². The molecule has 13 nitrogen and oxygen atoms in total. The van der Waals surface area contributed by atoms with E-state index in [0.29, 0.717) is 51.5 Å². The van der Waals surface area contributed by atoms with Crippen molar-refractivity contribution in [3.8, 4) is 5.75 Å². The van der Waals surface area contributed by atoms with Gasteiger partial charge in [0, 0.05) is 88.3 Å². The number of benzene rings is 2. The van der Waals surface area contributed by atoms with Crippen LogP contribution in [0, 0.1) is 0 Å². The zero-order valence-corrected chi connectivity index (χ0v) is 31.4. The fraction of sp³-hybridized carbons (Fsp3) is 0.459. The van der Waals surface area contributed by atoms with E-state index in [4.69, 9.17) is 9.72 Å². The number of ether oxygens (including phenoxy) is 1. The van der Waals surface area contributed by atoms with Crippen LogP contribution in [0.1, 0.15) is 44.7 Å². The molecule has 6 rings (SSSR count). The minimum atomic E-state index is -3.70. The van der Waals surface area contributed by atoms with Crippen LogP contribution in [0.15, 0.2) is 49.4 Å². The summed E-state index contributed by atoms with van der Waals surface area (Å²) in [6.07, 6.45) is 9.61. The second kappa shape index (κ2) is 15.4. The Bertz CT molecular complexity index is 1970. The third-order valence-corrected chi connectivity index (χ3v) is 12.2. The van der Waals surface area contributed by atoms with Crippen molar-refractivity contribution in [1.82, 2.24) is 29.7 Å². The first-order valence-corrected chi connectivity index (χ1v) is 19.2. The number of nitrogens with one attached hydrogen (secondary N) is 2. The normalized spacial score (nSPS) is 16.4. The van der Waals surface area contributed by atoms with E-state index in [2.05, 4.69) is 73.0 Å². The van der Waals surface area contributed by atoms with Gasteiger partial charge in [0.15, 0.2) is 0 Å². The zero-order valence-electron chi connectivity index (χ0n) is 30.6. The smallest absolute Gasteiger partial charge is 0.237 e. The molecule has 2 aliphatic rings. The Morgan fingerprint density at radius 3 is 2.41 bits per heavy atom. The summed E-state index contributed by atoms with van der Waals surface area (Å²) in [5.74, 6) is 1.48. The van der Waals surface area contributed by atoms with E-state index >= 15 is 0 Å². The summed E-state index contributed by atoms with van der Waals surface area (Å²) in [4.78, 5) is 25.9. The molecule has 4 heterocycles. The SMILES string of the molecule is C=Cc1cnc(Nc2cc(CC)c(N3CCC(N4CCN(C)CC4)CC3)cc2OC)nc1Nc1ccc2nccnc2c1N(C)S(=O)(=O)C(C)C. The molecule has 2 aromatic heterocycles. The summed E-state index contributed by atoms with van der Waals surface area (Å²) in [5, 5.41) is 6.09. The van der Waals surface area contributed by atoms with Gasteiger partial charge in [-0.1, -0.05) is 19.6 Å². The predicted molar refractivity (Wildman–Crippen MR) is 207 cm³/mol. The van der Waals surface area contributed by atoms with Crippen LogP contribution in [0.3, 0.4) is 0 Å². The van der Waals surface area contributed by atoms with Crippen molar-refractivity contribution in [3.05, 3.63) is 60.6 Å². The highest BCUT2D eigenvalue weighted by Gasteiger charge is 2.29. The van der Waals surface area contributed by atoms with Gasteiger partial charge in [0.1, 0.15) is 22.8 Å². The van der Waals surface area contributed by atoms with Gasteiger partial charge in [-0.05, 0) is 63.9 Å². The predicted octanol–water partition coefficient (Wildman–Crippen LogP) is 5.51. The van der Waals surface area contributed by atoms with Crippen LogP contribution in [-0.4, -0.2) is 110 Å². The number of aryl methyl sites for hydroxylation is 1. The molecular weight excluding hydrogens is 665 g/mol. The Balaban J connectivity index is 1.27. The molecule has 4 aromatic rings. The van der Waals surface area contributed by atoms with Gasteiger partial charge in [0.2, 0.25) is 16.0 Å². The third-order valence-electron chi connectivity index (χ3n) is 10.1. The molecule has 0 radical (unpaired) electrons. The van der Waals surface area contributed by atoms with Crippen LogP contribution in [0.4, 0.5) is 34.5 Å². The molecular formula is C37H50N10O3S. The summed E-state index contributed by atoms with van der Waals surface area (Å²) in [6, 6.07) is 8.47. The van der Waals surface area contributed by atoms with Gasteiger partial charge in [-0.3, -0.25) is 19.2 Å². The Morgan fingerprint density at radius 2 is 1.75 bits per heavy atom. The van der Waals surface area contributed by atoms with Crippen molar-refractivity contribution >= 4 is 61.6 Å². The summed E-state index contributed by atoms with van der Waals surface area (Å²) in [5.41, 5.74) is 5.69. The lowest BCUT2D eigenvalue weighted by Gasteiger charge is -2.43. The van der Waals surface area contributed by atoms with Crippen molar-refractivity contribution in [3.63, 3.8) is 0 Å². The lowest BCUT2D eigenvalue weighted by Crippen LogP contribution is -2.52. The van der Waals surface area contributed by atoms with Crippen LogP contribution in [0.25, 0.3) is 17.1 Å². The van der Waals surface area contributed by atoms with Gasteiger partial charge in [-0.25, -0.2) is 13.4 Å². The molecule has 14 heteroatoms. The van der Waals surface area contributed by atoms with Crippen molar-refractivity contribution in [2.75, 3.05) is 80.3 Å². The first-order chi connectivity index (χ1) is 24.5. The topological polar surface area (TPSA) is 132 Å². The van der Waals surface area contributed by atoms with Gasteiger partial charge in [-0.15, -0.1) is 0 Å². The second-order valence-electron chi connectivity index (χ2n) is 13.5. The number of sulfonamides is 1. The Labute approximate surface area is 301 Å². The van der Waals surface area contributed by atoms with E-state index in [1.54, 1.807) is 57.8 Å². The van der Waals surface area contributed by atoms with Gasteiger partial charge in [0.25, 0.3) is 0 Å². The maximum absolute atomic E-state index is 13.4. The number of nitrogens with zero attached hydrogens (tertiary/aromatic N) is 8. The Kier molecular flexibility index (Phi) is 10.9. The highest BCUT2D eigenvalue weighted by Crippen LogP contribution is 2.39. The standard InChI is InChI=1S/C37H50N10O3S/c1-8-26-22-31(33(50-7)23-32(26)47-16-12-28(13-17-47)46-20-18-44(5)19-21-46)42-37-40-24-27(9-2)36(43-37)41-30-11-10-29-34(39-15-14-38-29)35(30)45(6)51(48,49)25(3)4/h9-11,14-15,22-25,28H,2,8,12-13,16-21H2,1,3-7H3,(H2,40,41,42,43). The van der Waals surface area contributed by atoms with Gasteiger partial charge < -0.3 is 25.2 Å². The van der Waals surface area contributed by atoms with E-state index < -0.39 is 15.3 Å². The quantitative estimate of drug-likeness (QED) is 0.192. The average molecular weight is 715 g/mol. The highest BCUT2D eigenvalue weighted by molar-refractivity contribution is 7.93. The number of anilines is 6. The first-order valence-electron chi connectivity index (χ1n) is 17.7. The van der Waals surface area contributed by atoms with Gasteiger partial charge in [-0.2, -0.15) is 4.98 Å². The number of methoxy groups -OCH3 is 1. The number of likely N-dealkylation sites (N-methyl/N-ethyl adjacent to an activating group) is 1. The van der Waals surface area contributed by atoms with Crippen LogP contribution in [0.5, 0.6) is 5.75 Å². The third kappa shape index (κ3) is 7.58. The van der Waals surface area contributed by atoms with E-state index in [1.807, 2.05) is 0 Å². The fourth-order valence-electron chi connectivity index (χ4n) is 6.95. The van der Waals surface area contributed by atoms with Crippen molar-refractivity contribution in [2.45, 2.75) is 51.3 Å². The molecule has 0 spiro atoms. The number of fused-ring (bicyclic) bond motifs is 1. The first kappa shape index (κ1) is 36.3. The Morgan fingerprint density at radius 1 is 1.02 bits per heavy atom. The number of hydrogen-bond donors (Lipinski definition) is 2. The molecule has 2 aromatic carbocycles. The fourth-order valence-corrected chi connectivity index (χ4v) is 8.02. The molecule has 0 amide bonds. The number of aromatic nitrogens is 4.